The summed E-state index contributed by atoms with van der Waals surface area (Å²) in [6.45, 7) is 0. The zero-order chi connectivity index (χ0) is 14.7. The summed E-state index contributed by atoms with van der Waals surface area (Å²) in [6.07, 6.45) is -1.02. The van der Waals surface area contributed by atoms with Gasteiger partial charge in [-0.05, 0) is 30.3 Å². The van der Waals surface area contributed by atoms with Gasteiger partial charge in [-0.1, -0.05) is 23.2 Å². The summed E-state index contributed by atoms with van der Waals surface area (Å²) in [7, 11) is 0. The number of aliphatic hydroxyl groups excluding tert-OH is 1. The molecule has 7 heteroatoms. The Kier molecular flexibility index (Phi) is 4.44. The largest absolute Gasteiger partial charge is 0.369 e. The van der Waals surface area contributed by atoms with Crippen molar-refractivity contribution in [2.45, 2.75) is 6.23 Å². The fourth-order valence-electron chi connectivity index (χ4n) is 1.66. The van der Waals surface area contributed by atoms with Gasteiger partial charge in [0.15, 0.2) is 6.23 Å². The number of non-ortho nitro benzene ring substituents is 1. The number of aliphatic hydroxyl groups is 1. The van der Waals surface area contributed by atoms with E-state index in [9.17, 15) is 15.2 Å². The Morgan fingerprint density at radius 2 is 1.65 bits per heavy atom. The molecule has 2 aromatic carbocycles. The molecule has 2 N–H and O–H groups in total. The minimum atomic E-state index is -1.02. The van der Waals surface area contributed by atoms with E-state index in [-0.39, 0.29) is 5.69 Å². The van der Waals surface area contributed by atoms with Gasteiger partial charge in [-0.2, -0.15) is 0 Å². The van der Waals surface area contributed by atoms with E-state index < -0.39 is 11.2 Å². The molecule has 20 heavy (non-hydrogen) atoms. The molecule has 0 radical (unpaired) electrons. The molecule has 1 atom stereocenters. The fraction of sp³-hybridized carbons (Fsp3) is 0.0769. The Morgan fingerprint density at radius 1 is 1.10 bits per heavy atom. The summed E-state index contributed by atoms with van der Waals surface area (Å²) in [5.41, 5.74) is 1.01. The van der Waals surface area contributed by atoms with Gasteiger partial charge in [-0.15, -0.1) is 0 Å². The number of anilines is 1. The Bertz CT molecular complexity index is 612. The SMILES string of the molecule is O=[N+]([O-])c1ccc(C(O)Nc2cc(Cl)cc(Cl)c2)cc1. The summed E-state index contributed by atoms with van der Waals surface area (Å²) in [4.78, 5) is 10.0. The van der Waals surface area contributed by atoms with E-state index in [2.05, 4.69) is 5.32 Å². The van der Waals surface area contributed by atoms with E-state index in [0.717, 1.165) is 0 Å². The molecular formula is C13H10Cl2N2O3. The van der Waals surface area contributed by atoms with E-state index in [0.29, 0.717) is 21.3 Å². The zero-order valence-corrected chi connectivity index (χ0v) is 11.6. The monoisotopic (exact) mass is 312 g/mol. The lowest BCUT2D eigenvalue weighted by Crippen LogP contribution is -2.09. The van der Waals surface area contributed by atoms with Gasteiger partial charge >= 0.3 is 0 Å². The van der Waals surface area contributed by atoms with Crippen molar-refractivity contribution >= 4 is 34.6 Å². The highest BCUT2D eigenvalue weighted by atomic mass is 35.5. The molecule has 2 rings (SSSR count). The molecule has 0 saturated carbocycles. The average molecular weight is 313 g/mol. The molecule has 0 aromatic heterocycles. The quantitative estimate of drug-likeness (QED) is 0.508. The van der Waals surface area contributed by atoms with Crippen molar-refractivity contribution < 1.29 is 10.0 Å². The predicted octanol–water partition coefficient (Wildman–Crippen LogP) is 4.00. The van der Waals surface area contributed by atoms with Crippen molar-refractivity contribution in [3.63, 3.8) is 0 Å². The maximum absolute atomic E-state index is 10.5. The van der Waals surface area contributed by atoms with Gasteiger partial charge < -0.3 is 10.4 Å². The van der Waals surface area contributed by atoms with Crippen LogP contribution >= 0.6 is 23.2 Å². The lowest BCUT2D eigenvalue weighted by Gasteiger charge is -2.15. The molecule has 104 valence electrons. The van der Waals surface area contributed by atoms with Crippen molar-refractivity contribution in [2.24, 2.45) is 0 Å². The summed E-state index contributed by atoms with van der Waals surface area (Å²) in [5.74, 6) is 0. The van der Waals surface area contributed by atoms with Crippen molar-refractivity contribution in [3.05, 3.63) is 68.2 Å². The minimum absolute atomic E-state index is 0.0354. The smallest absolute Gasteiger partial charge is 0.269 e. The summed E-state index contributed by atoms with van der Waals surface area (Å²) < 4.78 is 0. The van der Waals surface area contributed by atoms with Crippen LogP contribution in [0.1, 0.15) is 11.8 Å². The molecule has 0 fully saturated rings. The van der Waals surface area contributed by atoms with Crippen LogP contribution in [0.5, 0.6) is 0 Å². The molecule has 0 bridgehead atoms. The van der Waals surface area contributed by atoms with Crippen molar-refractivity contribution in [3.8, 4) is 0 Å². The molecular weight excluding hydrogens is 303 g/mol. The zero-order valence-electron chi connectivity index (χ0n) is 10.1. The van der Waals surface area contributed by atoms with Gasteiger partial charge in [-0.25, -0.2) is 0 Å². The second-order valence-electron chi connectivity index (χ2n) is 4.05. The van der Waals surface area contributed by atoms with Gasteiger partial charge in [0.1, 0.15) is 0 Å². The number of hydrogen-bond donors (Lipinski definition) is 2. The van der Waals surface area contributed by atoms with E-state index in [1.165, 1.54) is 24.3 Å². The van der Waals surface area contributed by atoms with Crippen LogP contribution in [-0.2, 0) is 0 Å². The van der Waals surface area contributed by atoms with Crippen molar-refractivity contribution in [1.29, 1.82) is 0 Å². The standard InChI is InChI=1S/C13H10Cl2N2O3/c14-9-5-10(15)7-11(6-9)16-13(18)8-1-3-12(4-2-8)17(19)20/h1-7,13,16,18H. The van der Waals surface area contributed by atoms with Crippen LogP contribution < -0.4 is 5.32 Å². The van der Waals surface area contributed by atoms with E-state index in [4.69, 9.17) is 23.2 Å². The van der Waals surface area contributed by atoms with E-state index >= 15 is 0 Å². The topological polar surface area (TPSA) is 75.4 Å². The molecule has 0 spiro atoms. The normalized spacial score (nSPS) is 11.9. The first-order chi connectivity index (χ1) is 9.45. The molecule has 2 aromatic rings. The van der Waals surface area contributed by atoms with Crippen LogP contribution in [0.3, 0.4) is 0 Å². The Hall–Kier alpha value is -1.82. The number of nitrogens with one attached hydrogen (secondary N) is 1. The lowest BCUT2D eigenvalue weighted by molar-refractivity contribution is -0.384. The van der Waals surface area contributed by atoms with Gasteiger partial charge in [-0.3, -0.25) is 10.1 Å². The van der Waals surface area contributed by atoms with Crippen LogP contribution in [0.4, 0.5) is 11.4 Å². The Balaban J connectivity index is 2.14. The van der Waals surface area contributed by atoms with Crippen LogP contribution in [-0.4, -0.2) is 10.0 Å². The van der Waals surface area contributed by atoms with E-state index in [1.807, 2.05) is 0 Å². The van der Waals surface area contributed by atoms with Crippen LogP contribution in [0.15, 0.2) is 42.5 Å². The summed E-state index contributed by atoms with van der Waals surface area (Å²) in [6, 6.07) is 10.4. The van der Waals surface area contributed by atoms with E-state index in [1.54, 1.807) is 18.2 Å². The molecule has 0 saturated heterocycles. The second kappa shape index (κ2) is 6.09. The second-order valence-corrected chi connectivity index (χ2v) is 4.93. The molecule has 1 unspecified atom stereocenters. The first-order valence-electron chi connectivity index (χ1n) is 5.61. The molecule has 5 nitrogen and oxygen atoms in total. The number of nitro benzene ring substituents is 1. The minimum Gasteiger partial charge on any atom is -0.369 e. The molecule has 0 aliphatic carbocycles. The number of nitro groups is 1. The molecule has 0 amide bonds. The third kappa shape index (κ3) is 3.60. The third-order valence-electron chi connectivity index (χ3n) is 2.59. The molecule has 0 heterocycles. The van der Waals surface area contributed by atoms with Gasteiger partial charge in [0.2, 0.25) is 0 Å². The first kappa shape index (κ1) is 14.6. The van der Waals surface area contributed by atoms with Crippen LogP contribution in [0.2, 0.25) is 10.0 Å². The third-order valence-corrected chi connectivity index (χ3v) is 3.02. The number of rotatable bonds is 4. The first-order valence-corrected chi connectivity index (χ1v) is 6.36. The predicted molar refractivity (Wildman–Crippen MR) is 78.1 cm³/mol. The average Bonchev–Trinajstić information content (AvgIpc) is 2.37. The molecule has 0 aliphatic rings. The number of halogens is 2. The van der Waals surface area contributed by atoms with Gasteiger partial charge in [0.25, 0.3) is 5.69 Å². The summed E-state index contributed by atoms with van der Waals surface area (Å²) in [5, 5.41) is 24.3. The number of benzene rings is 2. The Labute approximate surface area is 124 Å². The molecule has 0 aliphatic heterocycles. The van der Waals surface area contributed by atoms with Crippen LogP contribution in [0.25, 0.3) is 0 Å². The van der Waals surface area contributed by atoms with Gasteiger partial charge in [0.05, 0.1) is 4.92 Å². The highest BCUT2D eigenvalue weighted by Gasteiger charge is 2.11. The van der Waals surface area contributed by atoms with Crippen molar-refractivity contribution in [2.75, 3.05) is 5.32 Å². The van der Waals surface area contributed by atoms with Crippen molar-refractivity contribution in [1.82, 2.24) is 0 Å². The number of hydrogen-bond acceptors (Lipinski definition) is 4. The maximum atomic E-state index is 10.5. The number of nitrogens with zero attached hydrogens (tertiary/aromatic N) is 1. The highest BCUT2D eigenvalue weighted by Crippen LogP contribution is 2.25. The Morgan fingerprint density at radius 3 is 2.15 bits per heavy atom. The van der Waals surface area contributed by atoms with Crippen LogP contribution in [0, 0.1) is 10.1 Å². The maximum Gasteiger partial charge on any atom is 0.269 e. The summed E-state index contributed by atoms with van der Waals surface area (Å²) >= 11 is 11.7. The fourth-order valence-corrected chi connectivity index (χ4v) is 2.18. The lowest BCUT2D eigenvalue weighted by atomic mass is 10.1. The van der Waals surface area contributed by atoms with Gasteiger partial charge in [0, 0.05) is 33.4 Å². The highest BCUT2D eigenvalue weighted by molar-refractivity contribution is 6.35.